The Bertz CT molecular complexity index is 239. The van der Waals surface area contributed by atoms with Crippen molar-refractivity contribution >= 4 is 0 Å². The SMILES string of the molecule is CCc1n[nH]c2c1CNC2. The summed E-state index contributed by atoms with van der Waals surface area (Å²) in [4.78, 5) is 0. The first-order chi connectivity index (χ1) is 4.92. The van der Waals surface area contributed by atoms with Gasteiger partial charge in [0.25, 0.3) is 0 Å². The molecule has 1 aliphatic rings. The Morgan fingerprint density at radius 3 is 3.20 bits per heavy atom. The lowest BCUT2D eigenvalue weighted by Crippen LogP contribution is -2.03. The van der Waals surface area contributed by atoms with Crippen molar-refractivity contribution < 1.29 is 0 Å². The first-order valence-corrected chi connectivity index (χ1v) is 3.67. The average Bonchev–Trinajstić information content (AvgIpc) is 2.44. The third-order valence-electron chi connectivity index (χ3n) is 1.98. The van der Waals surface area contributed by atoms with E-state index in [1.807, 2.05) is 0 Å². The molecular weight excluding hydrogens is 126 g/mol. The van der Waals surface area contributed by atoms with E-state index >= 15 is 0 Å². The Hall–Kier alpha value is -0.830. The molecule has 0 unspecified atom stereocenters. The van der Waals surface area contributed by atoms with E-state index in [0.29, 0.717) is 0 Å². The van der Waals surface area contributed by atoms with Crippen molar-refractivity contribution in [1.29, 1.82) is 0 Å². The molecule has 3 nitrogen and oxygen atoms in total. The minimum atomic E-state index is 0.961. The van der Waals surface area contributed by atoms with Crippen LogP contribution in [0.25, 0.3) is 0 Å². The van der Waals surface area contributed by atoms with Crippen molar-refractivity contribution in [2.24, 2.45) is 0 Å². The lowest BCUT2D eigenvalue weighted by Gasteiger charge is -1.91. The number of aryl methyl sites for hydroxylation is 1. The number of aromatic nitrogens is 2. The van der Waals surface area contributed by atoms with Crippen LogP contribution in [0.5, 0.6) is 0 Å². The zero-order valence-corrected chi connectivity index (χ0v) is 6.07. The highest BCUT2D eigenvalue weighted by Crippen LogP contribution is 2.16. The summed E-state index contributed by atoms with van der Waals surface area (Å²) in [5.74, 6) is 0. The Labute approximate surface area is 59.8 Å². The molecule has 0 aliphatic carbocycles. The van der Waals surface area contributed by atoms with Gasteiger partial charge in [-0.1, -0.05) is 6.92 Å². The molecule has 0 amide bonds. The molecule has 0 atom stereocenters. The van der Waals surface area contributed by atoms with Crippen LogP contribution >= 0.6 is 0 Å². The smallest absolute Gasteiger partial charge is 0.0667 e. The maximum absolute atomic E-state index is 4.19. The third-order valence-corrected chi connectivity index (χ3v) is 1.98. The summed E-state index contributed by atoms with van der Waals surface area (Å²) in [5.41, 5.74) is 3.89. The van der Waals surface area contributed by atoms with Crippen molar-refractivity contribution in [2.75, 3.05) is 0 Å². The summed E-state index contributed by atoms with van der Waals surface area (Å²) >= 11 is 0. The second-order valence-corrected chi connectivity index (χ2v) is 2.58. The topological polar surface area (TPSA) is 40.7 Å². The van der Waals surface area contributed by atoms with Crippen LogP contribution in [0.2, 0.25) is 0 Å². The summed E-state index contributed by atoms with van der Waals surface area (Å²) in [6.07, 6.45) is 1.04. The van der Waals surface area contributed by atoms with E-state index in [1.54, 1.807) is 0 Å². The fourth-order valence-electron chi connectivity index (χ4n) is 1.40. The lowest BCUT2D eigenvalue weighted by atomic mass is 10.2. The van der Waals surface area contributed by atoms with E-state index in [4.69, 9.17) is 0 Å². The number of fused-ring (bicyclic) bond motifs is 1. The molecule has 0 bridgehead atoms. The van der Waals surface area contributed by atoms with Crippen LogP contribution in [-0.4, -0.2) is 10.2 Å². The zero-order valence-electron chi connectivity index (χ0n) is 6.07. The summed E-state index contributed by atoms with van der Waals surface area (Å²) in [7, 11) is 0. The van der Waals surface area contributed by atoms with Crippen LogP contribution in [0.15, 0.2) is 0 Å². The van der Waals surface area contributed by atoms with Gasteiger partial charge in [0.2, 0.25) is 0 Å². The summed E-state index contributed by atoms with van der Waals surface area (Å²) < 4.78 is 0. The molecule has 0 spiro atoms. The molecule has 1 aromatic rings. The van der Waals surface area contributed by atoms with Gasteiger partial charge in [-0.3, -0.25) is 5.10 Å². The number of H-pyrrole nitrogens is 1. The van der Waals surface area contributed by atoms with Gasteiger partial charge in [-0.05, 0) is 6.42 Å². The number of nitrogens with one attached hydrogen (secondary N) is 2. The monoisotopic (exact) mass is 137 g/mol. The number of rotatable bonds is 1. The number of hydrogen-bond acceptors (Lipinski definition) is 2. The van der Waals surface area contributed by atoms with Crippen LogP contribution in [0.4, 0.5) is 0 Å². The van der Waals surface area contributed by atoms with Crippen molar-refractivity contribution in [3.05, 3.63) is 17.0 Å². The van der Waals surface area contributed by atoms with Crippen molar-refractivity contribution in [1.82, 2.24) is 15.5 Å². The average molecular weight is 137 g/mol. The van der Waals surface area contributed by atoms with Crippen molar-refractivity contribution in [3.63, 3.8) is 0 Å². The summed E-state index contributed by atoms with van der Waals surface area (Å²) in [5, 5.41) is 10.5. The maximum Gasteiger partial charge on any atom is 0.0667 e. The van der Waals surface area contributed by atoms with Crippen LogP contribution < -0.4 is 5.32 Å². The van der Waals surface area contributed by atoms with Crippen molar-refractivity contribution in [3.8, 4) is 0 Å². The molecule has 54 valence electrons. The number of nitrogens with zero attached hydrogens (tertiary/aromatic N) is 1. The Morgan fingerprint density at radius 2 is 2.40 bits per heavy atom. The molecule has 2 rings (SSSR count). The molecule has 0 radical (unpaired) electrons. The van der Waals surface area contributed by atoms with E-state index in [9.17, 15) is 0 Å². The molecule has 10 heavy (non-hydrogen) atoms. The summed E-state index contributed by atoms with van der Waals surface area (Å²) in [6.45, 7) is 4.09. The minimum absolute atomic E-state index is 0.961. The van der Waals surface area contributed by atoms with Gasteiger partial charge < -0.3 is 5.32 Å². The van der Waals surface area contributed by atoms with Gasteiger partial charge in [0.1, 0.15) is 0 Å². The van der Waals surface area contributed by atoms with Gasteiger partial charge >= 0.3 is 0 Å². The molecular formula is C7H11N3. The standard InChI is InChI=1S/C7H11N3/c1-2-6-5-3-8-4-7(5)10-9-6/h8H,2-4H2,1H3,(H,9,10). The highest BCUT2D eigenvalue weighted by molar-refractivity contribution is 5.28. The van der Waals surface area contributed by atoms with Gasteiger partial charge in [-0.25, -0.2) is 0 Å². The van der Waals surface area contributed by atoms with Crippen LogP contribution in [-0.2, 0) is 19.5 Å². The molecule has 1 aliphatic heterocycles. The fourth-order valence-corrected chi connectivity index (χ4v) is 1.40. The normalized spacial score (nSPS) is 15.7. The van der Waals surface area contributed by atoms with Gasteiger partial charge in [0.05, 0.1) is 11.4 Å². The molecule has 3 heteroatoms. The highest BCUT2D eigenvalue weighted by Gasteiger charge is 2.15. The third kappa shape index (κ3) is 0.671. The molecule has 2 heterocycles. The maximum atomic E-state index is 4.19. The number of hydrogen-bond donors (Lipinski definition) is 2. The van der Waals surface area contributed by atoms with Crippen LogP contribution in [0, 0.1) is 0 Å². The van der Waals surface area contributed by atoms with Gasteiger partial charge in [0.15, 0.2) is 0 Å². The predicted molar refractivity (Wildman–Crippen MR) is 38.5 cm³/mol. The first-order valence-electron chi connectivity index (χ1n) is 3.67. The second-order valence-electron chi connectivity index (χ2n) is 2.58. The highest BCUT2D eigenvalue weighted by atomic mass is 15.2. The largest absolute Gasteiger partial charge is 0.307 e. The van der Waals surface area contributed by atoms with Crippen LogP contribution in [0.3, 0.4) is 0 Å². The van der Waals surface area contributed by atoms with E-state index in [1.165, 1.54) is 17.0 Å². The quantitative estimate of drug-likeness (QED) is 0.594. The lowest BCUT2D eigenvalue weighted by molar-refractivity contribution is 0.732. The number of aromatic amines is 1. The predicted octanol–water partition coefficient (Wildman–Crippen LogP) is 0.575. The Morgan fingerprint density at radius 1 is 1.50 bits per heavy atom. The second kappa shape index (κ2) is 2.09. The van der Waals surface area contributed by atoms with Gasteiger partial charge in [-0.15, -0.1) is 0 Å². The van der Waals surface area contributed by atoms with E-state index < -0.39 is 0 Å². The fraction of sp³-hybridized carbons (Fsp3) is 0.571. The minimum Gasteiger partial charge on any atom is -0.307 e. The molecule has 2 N–H and O–H groups in total. The van der Waals surface area contributed by atoms with E-state index in [-0.39, 0.29) is 0 Å². The van der Waals surface area contributed by atoms with E-state index in [2.05, 4.69) is 22.4 Å². The molecule has 0 aromatic carbocycles. The molecule has 0 fully saturated rings. The molecule has 0 saturated heterocycles. The molecule has 0 saturated carbocycles. The van der Waals surface area contributed by atoms with Crippen molar-refractivity contribution in [2.45, 2.75) is 26.4 Å². The van der Waals surface area contributed by atoms with Gasteiger partial charge in [-0.2, -0.15) is 5.10 Å². The molecule has 1 aromatic heterocycles. The first kappa shape index (κ1) is 5.92. The van der Waals surface area contributed by atoms with E-state index in [0.717, 1.165) is 19.5 Å². The van der Waals surface area contributed by atoms with Gasteiger partial charge in [0, 0.05) is 18.7 Å². The Balaban J connectivity index is 2.44. The zero-order chi connectivity index (χ0) is 6.97. The van der Waals surface area contributed by atoms with Crippen LogP contribution in [0.1, 0.15) is 23.9 Å². The summed E-state index contributed by atoms with van der Waals surface area (Å²) in [6, 6.07) is 0. The Kier molecular flexibility index (Phi) is 1.24.